The number of hydrogen-bond acceptors (Lipinski definition) is 2. The summed E-state index contributed by atoms with van der Waals surface area (Å²) in [5.41, 5.74) is 1.99. The van der Waals surface area contributed by atoms with E-state index >= 15 is 0 Å². The van der Waals surface area contributed by atoms with Gasteiger partial charge in [0.2, 0.25) is 0 Å². The maximum Gasteiger partial charge on any atom is 0.251 e. The van der Waals surface area contributed by atoms with Crippen LogP contribution < -0.4 is 10.6 Å². The Morgan fingerprint density at radius 1 is 1.47 bits per heavy atom. The fourth-order valence-corrected chi connectivity index (χ4v) is 2.15. The molecule has 3 nitrogen and oxygen atoms in total. The molecule has 2 N–H and O–H groups in total. The van der Waals surface area contributed by atoms with Crippen LogP contribution in [0.1, 0.15) is 16.8 Å². The maximum absolute atomic E-state index is 11.9. The lowest BCUT2D eigenvalue weighted by Gasteiger charge is -2.14. The summed E-state index contributed by atoms with van der Waals surface area (Å²) in [5.74, 6) is -0.0225. The fraction of sp³-hybridized carbons (Fsp3) is 0.308. The van der Waals surface area contributed by atoms with Crippen LogP contribution in [0.15, 0.2) is 40.4 Å². The van der Waals surface area contributed by atoms with Crippen molar-refractivity contribution in [2.24, 2.45) is 0 Å². The van der Waals surface area contributed by atoms with Crippen molar-refractivity contribution in [3.8, 4) is 0 Å². The molecular weight excluding hydrogens is 280 g/mol. The first-order valence-electron chi connectivity index (χ1n) is 5.68. The van der Waals surface area contributed by atoms with Gasteiger partial charge in [0.15, 0.2) is 0 Å². The summed E-state index contributed by atoms with van der Waals surface area (Å²) in [6.45, 7) is 2.55. The van der Waals surface area contributed by atoms with Gasteiger partial charge in [0.05, 0.1) is 0 Å². The first-order valence-corrected chi connectivity index (χ1v) is 6.47. The minimum atomic E-state index is -0.0225. The van der Waals surface area contributed by atoms with Gasteiger partial charge in [-0.15, -0.1) is 0 Å². The van der Waals surface area contributed by atoms with Crippen LogP contribution >= 0.6 is 15.9 Å². The van der Waals surface area contributed by atoms with Gasteiger partial charge >= 0.3 is 0 Å². The highest BCUT2D eigenvalue weighted by Crippen LogP contribution is 2.11. The second-order valence-corrected chi connectivity index (χ2v) is 4.93. The molecule has 2 rings (SSSR count). The van der Waals surface area contributed by atoms with E-state index < -0.39 is 0 Å². The number of rotatable bonds is 3. The standard InChI is InChI=1S/C13H15BrN2O/c14-12-3-1-2-11(8-12)13(17)16-9-10-4-6-15-7-5-10/h1-4,8,15H,5-7,9H2,(H,16,17). The molecule has 1 aliphatic rings. The lowest BCUT2D eigenvalue weighted by molar-refractivity contribution is 0.0956. The summed E-state index contributed by atoms with van der Waals surface area (Å²) >= 11 is 3.36. The number of benzene rings is 1. The summed E-state index contributed by atoms with van der Waals surface area (Å²) in [5, 5.41) is 6.19. The van der Waals surface area contributed by atoms with Crippen LogP contribution in [0.25, 0.3) is 0 Å². The first kappa shape index (κ1) is 12.3. The van der Waals surface area contributed by atoms with Crippen molar-refractivity contribution in [1.29, 1.82) is 0 Å². The molecule has 1 amide bonds. The molecule has 0 radical (unpaired) electrons. The quantitative estimate of drug-likeness (QED) is 0.839. The highest BCUT2D eigenvalue weighted by Gasteiger charge is 2.07. The molecule has 1 aliphatic heterocycles. The molecule has 0 spiro atoms. The summed E-state index contributed by atoms with van der Waals surface area (Å²) in [7, 11) is 0. The van der Waals surface area contributed by atoms with E-state index in [0.29, 0.717) is 12.1 Å². The number of amides is 1. The summed E-state index contributed by atoms with van der Waals surface area (Å²) in [6, 6.07) is 7.41. The molecule has 0 atom stereocenters. The van der Waals surface area contributed by atoms with Crippen LogP contribution in [0.5, 0.6) is 0 Å². The van der Waals surface area contributed by atoms with Gasteiger partial charge in [0.25, 0.3) is 5.91 Å². The van der Waals surface area contributed by atoms with Gasteiger partial charge in [-0.05, 0) is 31.2 Å². The molecule has 1 aromatic rings. The lowest BCUT2D eigenvalue weighted by Crippen LogP contribution is -2.29. The van der Waals surface area contributed by atoms with Crippen LogP contribution in [0.2, 0.25) is 0 Å². The van der Waals surface area contributed by atoms with Crippen molar-refractivity contribution in [3.63, 3.8) is 0 Å². The van der Waals surface area contributed by atoms with Gasteiger partial charge in [-0.3, -0.25) is 4.79 Å². The van der Waals surface area contributed by atoms with Crippen LogP contribution in [0.4, 0.5) is 0 Å². The predicted molar refractivity (Wildman–Crippen MR) is 72.0 cm³/mol. The maximum atomic E-state index is 11.9. The summed E-state index contributed by atoms with van der Waals surface area (Å²) in [4.78, 5) is 11.9. The highest BCUT2D eigenvalue weighted by molar-refractivity contribution is 9.10. The van der Waals surface area contributed by atoms with E-state index in [1.54, 1.807) is 0 Å². The third kappa shape index (κ3) is 3.68. The third-order valence-electron chi connectivity index (χ3n) is 2.72. The Bertz CT molecular complexity index is 443. The van der Waals surface area contributed by atoms with Gasteiger partial charge in [0, 0.05) is 23.1 Å². The Morgan fingerprint density at radius 3 is 3.06 bits per heavy atom. The first-order chi connectivity index (χ1) is 8.25. The zero-order valence-electron chi connectivity index (χ0n) is 9.50. The van der Waals surface area contributed by atoms with Crippen molar-refractivity contribution in [1.82, 2.24) is 10.6 Å². The number of halogens is 1. The van der Waals surface area contributed by atoms with Gasteiger partial charge in [-0.2, -0.15) is 0 Å². The zero-order valence-corrected chi connectivity index (χ0v) is 11.1. The molecular formula is C13H15BrN2O. The van der Waals surface area contributed by atoms with E-state index in [9.17, 15) is 4.79 Å². The molecule has 0 bridgehead atoms. The minimum Gasteiger partial charge on any atom is -0.348 e. The van der Waals surface area contributed by atoms with Crippen molar-refractivity contribution in [2.75, 3.05) is 19.6 Å². The Morgan fingerprint density at radius 2 is 2.35 bits per heavy atom. The lowest BCUT2D eigenvalue weighted by atomic mass is 10.1. The van der Waals surface area contributed by atoms with Gasteiger partial charge in [-0.1, -0.05) is 33.6 Å². The predicted octanol–water partition coefficient (Wildman–Crippen LogP) is 2.10. The third-order valence-corrected chi connectivity index (χ3v) is 3.21. The number of carbonyl (C=O) groups excluding carboxylic acids is 1. The Balaban J connectivity index is 1.91. The van der Waals surface area contributed by atoms with E-state index in [1.807, 2.05) is 24.3 Å². The summed E-state index contributed by atoms with van der Waals surface area (Å²) in [6.07, 6.45) is 3.16. The Hall–Kier alpha value is -1.13. The number of nitrogens with one attached hydrogen (secondary N) is 2. The number of hydrogen-bond donors (Lipinski definition) is 2. The van der Waals surface area contributed by atoms with E-state index in [0.717, 1.165) is 24.0 Å². The fourth-order valence-electron chi connectivity index (χ4n) is 1.76. The van der Waals surface area contributed by atoms with E-state index in [2.05, 4.69) is 32.6 Å². The van der Waals surface area contributed by atoms with Gasteiger partial charge < -0.3 is 10.6 Å². The molecule has 17 heavy (non-hydrogen) atoms. The second-order valence-electron chi connectivity index (χ2n) is 4.01. The van der Waals surface area contributed by atoms with E-state index in [1.165, 1.54) is 5.57 Å². The SMILES string of the molecule is O=C(NCC1=CCNCC1)c1cccc(Br)c1. The minimum absolute atomic E-state index is 0.0225. The van der Waals surface area contributed by atoms with Crippen molar-refractivity contribution in [2.45, 2.75) is 6.42 Å². The van der Waals surface area contributed by atoms with Gasteiger partial charge in [0.1, 0.15) is 0 Å². The largest absolute Gasteiger partial charge is 0.348 e. The van der Waals surface area contributed by atoms with Crippen LogP contribution in [-0.2, 0) is 0 Å². The molecule has 90 valence electrons. The smallest absolute Gasteiger partial charge is 0.251 e. The molecule has 1 aromatic carbocycles. The average molecular weight is 295 g/mol. The van der Waals surface area contributed by atoms with E-state index in [-0.39, 0.29) is 5.91 Å². The highest BCUT2D eigenvalue weighted by atomic mass is 79.9. The average Bonchev–Trinajstić information content (AvgIpc) is 2.37. The van der Waals surface area contributed by atoms with Crippen molar-refractivity contribution in [3.05, 3.63) is 46.0 Å². The molecule has 0 saturated carbocycles. The van der Waals surface area contributed by atoms with Crippen LogP contribution in [-0.4, -0.2) is 25.5 Å². The van der Waals surface area contributed by atoms with Crippen LogP contribution in [0.3, 0.4) is 0 Å². The van der Waals surface area contributed by atoms with Crippen molar-refractivity contribution >= 4 is 21.8 Å². The molecule has 1 heterocycles. The Kier molecular flexibility index (Phi) is 4.34. The molecule has 0 saturated heterocycles. The molecule has 0 unspecified atom stereocenters. The van der Waals surface area contributed by atoms with Gasteiger partial charge in [-0.25, -0.2) is 0 Å². The molecule has 0 aliphatic carbocycles. The normalized spacial score (nSPS) is 15.2. The van der Waals surface area contributed by atoms with Crippen molar-refractivity contribution < 1.29 is 4.79 Å². The Labute approximate surface area is 109 Å². The zero-order chi connectivity index (χ0) is 12.1. The molecule has 0 aromatic heterocycles. The summed E-state index contributed by atoms with van der Waals surface area (Å²) < 4.78 is 0.922. The second kappa shape index (κ2) is 5.98. The number of carbonyl (C=O) groups is 1. The molecule has 0 fully saturated rings. The van der Waals surface area contributed by atoms with Crippen LogP contribution in [0, 0.1) is 0 Å². The van der Waals surface area contributed by atoms with E-state index in [4.69, 9.17) is 0 Å². The monoisotopic (exact) mass is 294 g/mol. The molecule has 4 heteroatoms. The topological polar surface area (TPSA) is 41.1 Å².